The summed E-state index contributed by atoms with van der Waals surface area (Å²) in [5.41, 5.74) is 3.81. The van der Waals surface area contributed by atoms with Gasteiger partial charge < -0.3 is 48.5 Å². The molecule has 276 valence electrons. The van der Waals surface area contributed by atoms with E-state index in [-0.39, 0.29) is 5.91 Å². The Bertz CT molecular complexity index is 1830. The summed E-state index contributed by atoms with van der Waals surface area (Å²) in [7, 11) is 9.57. The molecule has 0 saturated carbocycles. The predicted molar refractivity (Wildman–Crippen MR) is 202 cm³/mol. The average molecular weight is 733 g/mol. The van der Waals surface area contributed by atoms with Crippen LogP contribution >= 0.6 is 11.6 Å². The van der Waals surface area contributed by atoms with Crippen molar-refractivity contribution in [3.05, 3.63) is 87.9 Å². The van der Waals surface area contributed by atoms with Crippen LogP contribution in [0.1, 0.15) is 58.9 Å². The number of amides is 1. The van der Waals surface area contributed by atoms with Crippen molar-refractivity contribution in [2.75, 3.05) is 61.2 Å². The Morgan fingerprint density at radius 2 is 1.13 bits per heavy atom. The zero-order valence-corrected chi connectivity index (χ0v) is 31.1. The molecule has 1 heterocycles. The first-order valence-electron chi connectivity index (χ1n) is 16.9. The third-order valence-electron chi connectivity index (χ3n) is 8.50. The van der Waals surface area contributed by atoms with E-state index in [0.29, 0.717) is 69.8 Å². The Morgan fingerprint density at radius 1 is 0.577 bits per heavy atom. The first-order valence-corrected chi connectivity index (χ1v) is 17.2. The van der Waals surface area contributed by atoms with Crippen molar-refractivity contribution in [1.82, 2.24) is 5.32 Å². The number of hydrogen-bond acceptors (Lipinski definition) is 10. The highest BCUT2D eigenvalue weighted by Gasteiger charge is 2.25. The number of methoxy groups -OCH3 is 6. The molecule has 4 aromatic rings. The molecule has 0 spiro atoms. The van der Waals surface area contributed by atoms with Gasteiger partial charge in [0.25, 0.3) is 5.91 Å². The molecular weight excluding hydrogens is 688 g/mol. The summed E-state index contributed by atoms with van der Waals surface area (Å²) in [6.45, 7) is 1.04. The molecule has 0 saturated heterocycles. The van der Waals surface area contributed by atoms with Crippen molar-refractivity contribution < 1.29 is 42.7 Å². The first-order chi connectivity index (χ1) is 25.3. The van der Waals surface area contributed by atoms with Gasteiger partial charge in [-0.3, -0.25) is 4.79 Å². The van der Waals surface area contributed by atoms with E-state index in [1.165, 1.54) is 0 Å². The minimum absolute atomic E-state index is 0.194. The SMILES string of the molecule is COc1cc(C2NC(=O)c3cc(Cl)ccc3N2)ccc1OCCCCCCOc1c(OC)cc(/C=C/c2cc(OC)c(OC)c(OC)c2)cc1OC. The fourth-order valence-electron chi connectivity index (χ4n) is 5.82. The molecule has 1 aliphatic rings. The number of anilines is 1. The van der Waals surface area contributed by atoms with Gasteiger partial charge in [0, 0.05) is 10.7 Å². The van der Waals surface area contributed by atoms with Crippen molar-refractivity contribution >= 4 is 35.3 Å². The third-order valence-corrected chi connectivity index (χ3v) is 8.74. The molecule has 4 aromatic carbocycles. The topological polar surface area (TPSA) is 115 Å². The van der Waals surface area contributed by atoms with Gasteiger partial charge in [-0.25, -0.2) is 0 Å². The van der Waals surface area contributed by atoms with Gasteiger partial charge in [-0.2, -0.15) is 0 Å². The van der Waals surface area contributed by atoms with Crippen LogP contribution in [0.4, 0.5) is 5.69 Å². The van der Waals surface area contributed by atoms with Gasteiger partial charge in [-0.15, -0.1) is 0 Å². The van der Waals surface area contributed by atoms with Crippen molar-refractivity contribution in [3.8, 4) is 46.0 Å². The molecular formula is C40H45ClN2O9. The molecule has 11 nitrogen and oxygen atoms in total. The summed E-state index contributed by atoms with van der Waals surface area (Å²) in [6, 6.07) is 18.4. The molecule has 12 heteroatoms. The van der Waals surface area contributed by atoms with Crippen molar-refractivity contribution in [1.29, 1.82) is 0 Å². The lowest BCUT2D eigenvalue weighted by atomic mass is 10.1. The Balaban J connectivity index is 1.09. The number of fused-ring (bicyclic) bond motifs is 1. The van der Waals surface area contributed by atoms with Crippen LogP contribution in [-0.2, 0) is 0 Å². The lowest BCUT2D eigenvalue weighted by molar-refractivity contribution is 0.0935. The van der Waals surface area contributed by atoms with E-state index in [1.807, 2.05) is 54.6 Å². The van der Waals surface area contributed by atoms with E-state index < -0.39 is 6.17 Å². The maximum Gasteiger partial charge on any atom is 0.255 e. The van der Waals surface area contributed by atoms with E-state index in [0.717, 1.165) is 48.1 Å². The van der Waals surface area contributed by atoms with E-state index in [1.54, 1.807) is 60.9 Å². The van der Waals surface area contributed by atoms with Gasteiger partial charge in [0.1, 0.15) is 6.17 Å². The van der Waals surface area contributed by atoms with Crippen LogP contribution in [0.2, 0.25) is 5.02 Å². The van der Waals surface area contributed by atoms with E-state index >= 15 is 0 Å². The molecule has 0 aliphatic carbocycles. The zero-order valence-electron chi connectivity index (χ0n) is 30.3. The van der Waals surface area contributed by atoms with Gasteiger partial charge in [0.2, 0.25) is 11.5 Å². The number of hydrogen-bond donors (Lipinski definition) is 2. The number of unbranched alkanes of at least 4 members (excludes halogenated alkanes) is 3. The number of benzene rings is 4. The van der Waals surface area contributed by atoms with E-state index in [4.69, 9.17) is 49.5 Å². The third kappa shape index (κ3) is 9.08. The molecule has 52 heavy (non-hydrogen) atoms. The van der Waals surface area contributed by atoms with Crippen molar-refractivity contribution in [2.45, 2.75) is 31.8 Å². The molecule has 1 aliphatic heterocycles. The molecule has 2 N–H and O–H groups in total. The minimum Gasteiger partial charge on any atom is -0.493 e. The first kappa shape index (κ1) is 37.8. The largest absolute Gasteiger partial charge is 0.493 e. The van der Waals surface area contributed by atoms with Gasteiger partial charge in [0.05, 0.1) is 61.4 Å². The minimum atomic E-state index is -0.415. The average Bonchev–Trinajstić information content (AvgIpc) is 3.17. The summed E-state index contributed by atoms with van der Waals surface area (Å²) in [6.07, 6.45) is 7.11. The van der Waals surface area contributed by atoms with Crippen LogP contribution in [0, 0.1) is 0 Å². The maximum absolute atomic E-state index is 12.7. The quantitative estimate of drug-likeness (QED) is 0.0763. The fourth-order valence-corrected chi connectivity index (χ4v) is 6.00. The van der Waals surface area contributed by atoms with Gasteiger partial charge >= 0.3 is 0 Å². The Hall–Kier alpha value is -5.42. The number of rotatable bonds is 18. The highest BCUT2D eigenvalue weighted by atomic mass is 35.5. The van der Waals surface area contributed by atoms with Crippen molar-refractivity contribution in [3.63, 3.8) is 0 Å². The van der Waals surface area contributed by atoms with Gasteiger partial charge in [-0.1, -0.05) is 29.8 Å². The van der Waals surface area contributed by atoms with Gasteiger partial charge in [0.15, 0.2) is 34.5 Å². The highest BCUT2D eigenvalue weighted by Crippen LogP contribution is 2.41. The Morgan fingerprint density at radius 3 is 1.69 bits per heavy atom. The normalized spacial score (nSPS) is 13.4. The molecule has 0 radical (unpaired) electrons. The maximum atomic E-state index is 12.7. The Kier molecular flexibility index (Phi) is 13.2. The zero-order chi connectivity index (χ0) is 37.0. The molecule has 1 unspecified atom stereocenters. The monoisotopic (exact) mass is 732 g/mol. The lowest BCUT2D eigenvalue weighted by Crippen LogP contribution is -2.38. The smallest absolute Gasteiger partial charge is 0.255 e. The van der Waals surface area contributed by atoms with E-state index in [9.17, 15) is 4.79 Å². The molecule has 1 amide bonds. The standard InChI is InChI=1S/C40H45ClN2O9/c1-45-32-23-27(39-42-30-15-14-28(41)24-29(30)40(44)43-39)13-16-31(32)51-17-9-7-8-10-18-52-38-35(48-4)21-26(22-36(38)49-5)12-11-25-19-33(46-2)37(50-6)34(20-25)47-3/h11-16,19-24,39,42H,7-10,17-18H2,1-6H3,(H,43,44)/b12-11+. The molecule has 5 rings (SSSR count). The summed E-state index contributed by atoms with van der Waals surface area (Å²) in [4.78, 5) is 12.7. The number of carbonyl (C=O) groups excluding carboxylic acids is 1. The highest BCUT2D eigenvalue weighted by molar-refractivity contribution is 6.31. The van der Waals surface area contributed by atoms with Crippen LogP contribution in [0.15, 0.2) is 60.7 Å². The molecule has 0 fully saturated rings. The van der Waals surface area contributed by atoms with Crippen LogP contribution in [-0.4, -0.2) is 61.8 Å². The number of halogens is 1. The van der Waals surface area contributed by atoms with Crippen LogP contribution < -0.4 is 48.5 Å². The second-order valence-corrected chi connectivity index (χ2v) is 12.2. The summed E-state index contributed by atoms with van der Waals surface area (Å²) >= 11 is 6.06. The second-order valence-electron chi connectivity index (χ2n) is 11.8. The second kappa shape index (κ2) is 18.2. The van der Waals surface area contributed by atoms with E-state index in [2.05, 4.69) is 10.6 Å². The summed E-state index contributed by atoms with van der Waals surface area (Å²) in [5.74, 6) is 4.44. The predicted octanol–water partition coefficient (Wildman–Crippen LogP) is 8.43. The molecule has 0 bridgehead atoms. The van der Waals surface area contributed by atoms with Crippen molar-refractivity contribution in [2.24, 2.45) is 0 Å². The van der Waals surface area contributed by atoms with Crippen LogP contribution in [0.5, 0.6) is 46.0 Å². The molecule has 0 aromatic heterocycles. The number of ether oxygens (including phenoxy) is 8. The van der Waals surface area contributed by atoms with Gasteiger partial charge in [-0.05, 0) is 97.0 Å². The number of nitrogens with one attached hydrogen (secondary N) is 2. The Labute approximate surface area is 309 Å². The fraction of sp³-hybridized carbons (Fsp3) is 0.325. The lowest BCUT2D eigenvalue weighted by Gasteiger charge is -2.28. The number of carbonyl (C=O) groups is 1. The summed E-state index contributed by atoms with van der Waals surface area (Å²) in [5, 5.41) is 6.81. The summed E-state index contributed by atoms with van der Waals surface area (Å²) < 4.78 is 45.5. The van der Waals surface area contributed by atoms with Crippen LogP contribution in [0.3, 0.4) is 0 Å². The molecule has 1 atom stereocenters. The van der Waals surface area contributed by atoms with Crippen LogP contribution in [0.25, 0.3) is 12.2 Å².